The van der Waals surface area contributed by atoms with E-state index >= 15 is 0 Å². The largest absolute Gasteiger partial charge is 0.393 e. The first-order valence-electron chi connectivity index (χ1n) is 8.97. The molecule has 2 aromatic rings. The van der Waals surface area contributed by atoms with Crippen molar-refractivity contribution < 1.29 is 25.2 Å². The molecule has 2 unspecified atom stereocenters. The summed E-state index contributed by atoms with van der Waals surface area (Å²) in [4.78, 5) is 8.51. The summed E-state index contributed by atoms with van der Waals surface area (Å²) in [5.41, 5.74) is 1.16. The third-order valence-corrected chi connectivity index (χ3v) is 5.46. The van der Waals surface area contributed by atoms with Crippen molar-refractivity contribution in [3.05, 3.63) is 29.0 Å². The highest BCUT2D eigenvalue weighted by Gasteiger charge is 2.43. The van der Waals surface area contributed by atoms with Crippen LogP contribution < -0.4 is 5.32 Å². The molecule has 1 radical (unpaired) electrons. The van der Waals surface area contributed by atoms with Gasteiger partial charge in [-0.3, -0.25) is 0 Å². The van der Waals surface area contributed by atoms with E-state index in [2.05, 4.69) is 15.3 Å². The summed E-state index contributed by atoms with van der Waals surface area (Å²) in [5.74, 6) is 0.584. The van der Waals surface area contributed by atoms with Gasteiger partial charge in [0.05, 0.1) is 11.6 Å². The lowest BCUT2D eigenvalue weighted by atomic mass is 10.0. The van der Waals surface area contributed by atoms with Crippen molar-refractivity contribution in [2.45, 2.75) is 55.8 Å². The summed E-state index contributed by atoms with van der Waals surface area (Å²) >= 11 is 6.07. The van der Waals surface area contributed by atoms with E-state index in [-0.39, 0.29) is 17.4 Å². The van der Waals surface area contributed by atoms with Crippen LogP contribution in [0.1, 0.15) is 30.9 Å². The third kappa shape index (κ3) is 3.61. The summed E-state index contributed by atoms with van der Waals surface area (Å²) in [6.45, 7) is -0.627. The molecule has 4 rings (SSSR count). The molecule has 9 heteroatoms. The number of anilines is 1. The van der Waals surface area contributed by atoms with Crippen molar-refractivity contribution in [1.29, 1.82) is 0 Å². The number of ether oxygens (including phenoxy) is 1. The molecule has 1 aliphatic heterocycles. The highest BCUT2D eigenvalue weighted by atomic mass is 35.5. The van der Waals surface area contributed by atoms with Crippen LogP contribution in [0.25, 0.3) is 10.9 Å². The van der Waals surface area contributed by atoms with Gasteiger partial charge in [0.25, 0.3) is 0 Å². The van der Waals surface area contributed by atoms with Crippen LogP contribution >= 0.6 is 11.6 Å². The summed E-state index contributed by atoms with van der Waals surface area (Å²) in [6, 6.07) is 5.37. The molecule has 1 aromatic carbocycles. The Bertz CT molecular complexity index is 838. The van der Waals surface area contributed by atoms with Crippen LogP contribution in [0.4, 0.5) is 5.82 Å². The first-order valence-corrected chi connectivity index (χ1v) is 9.35. The average Bonchev–Trinajstić information content (AvgIpc) is 3.17. The molecule has 0 spiro atoms. The minimum Gasteiger partial charge on any atom is -0.393 e. The van der Waals surface area contributed by atoms with Gasteiger partial charge in [0.15, 0.2) is 0 Å². The van der Waals surface area contributed by atoms with E-state index in [1.54, 1.807) is 18.2 Å². The molecule has 1 saturated heterocycles. The van der Waals surface area contributed by atoms with Crippen LogP contribution in [-0.2, 0) is 9.84 Å². The van der Waals surface area contributed by atoms with Gasteiger partial charge in [0.1, 0.15) is 36.8 Å². The molecule has 6 atom stereocenters. The van der Waals surface area contributed by atoms with Gasteiger partial charge in [0.2, 0.25) is 5.28 Å². The fraction of sp³-hybridized carbons (Fsp3) is 0.556. The molecule has 4 N–H and O–H groups in total. The van der Waals surface area contributed by atoms with Crippen molar-refractivity contribution in [3.63, 3.8) is 0 Å². The zero-order chi connectivity index (χ0) is 19.1. The highest BCUT2D eigenvalue weighted by Crippen LogP contribution is 2.36. The van der Waals surface area contributed by atoms with Crippen molar-refractivity contribution in [3.8, 4) is 0 Å². The molecule has 27 heavy (non-hydrogen) atoms. The Morgan fingerprint density at radius 3 is 2.67 bits per heavy atom. The zero-order valence-corrected chi connectivity index (χ0v) is 15.2. The smallest absolute Gasteiger partial charge is 0.224 e. The lowest BCUT2D eigenvalue weighted by molar-refractivity contribution is -0.0398. The van der Waals surface area contributed by atoms with Crippen molar-refractivity contribution in [2.75, 3.05) is 11.9 Å². The van der Waals surface area contributed by atoms with Crippen LogP contribution in [0.3, 0.4) is 0 Å². The van der Waals surface area contributed by atoms with Gasteiger partial charge >= 0.3 is 0 Å². The molecule has 1 saturated carbocycles. The van der Waals surface area contributed by atoms with Gasteiger partial charge in [-0.25, -0.2) is 15.1 Å². The van der Waals surface area contributed by atoms with Gasteiger partial charge in [-0.1, -0.05) is 6.07 Å². The van der Waals surface area contributed by atoms with Crippen LogP contribution in [0.15, 0.2) is 18.2 Å². The Labute approximate surface area is 160 Å². The fourth-order valence-electron chi connectivity index (χ4n) is 3.85. The van der Waals surface area contributed by atoms with Crippen LogP contribution in [0.2, 0.25) is 5.28 Å². The number of fused-ring (bicyclic) bond motifs is 1. The molecule has 1 aliphatic carbocycles. The minimum absolute atomic E-state index is 0.0750. The van der Waals surface area contributed by atoms with E-state index in [1.165, 1.54) is 0 Å². The Morgan fingerprint density at radius 1 is 1.19 bits per heavy atom. The maximum absolute atomic E-state index is 11.1. The normalized spacial score (nSPS) is 33.7. The maximum Gasteiger partial charge on any atom is 0.224 e. The summed E-state index contributed by atoms with van der Waals surface area (Å²) < 4.78 is 5.52. The van der Waals surface area contributed by atoms with E-state index in [0.29, 0.717) is 23.3 Å². The monoisotopic (exact) mass is 394 g/mol. The quantitative estimate of drug-likeness (QED) is 0.573. The second kappa shape index (κ2) is 7.46. The molecule has 145 valence electrons. The number of nitrogens with zero attached hydrogens (tertiary/aromatic N) is 2. The lowest BCUT2D eigenvalue weighted by Crippen LogP contribution is -2.32. The molecule has 2 aliphatic rings. The molecule has 1 aromatic heterocycles. The first kappa shape index (κ1) is 18.8. The zero-order valence-electron chi connectivity index (χ0n) is 14.5. The summed E-state index contributed by atoms with van der Waals surface area (Å²) in [7, 11) is 0. The number of aliphatic hydroxyl groups excluding tert-OH is 3. The van der Waals surface area contributed by atoms with Crippen molar-refractivity contribution >= 4 is 28.3 Å². The van der Waals surface area contributed by atoms with Crippen LogP contribution in [0, 0.1) is 0 Å². The van der Waals surface area contributed by atoms with E-state index in [4.69, 9.17) is 16.3 Å². The van der Waals surface area contributed by atoms with Gasteiger partial charge in [0, 0.05) is 11.4 Å². The van der Waals surface area contributed by atoms with Gasteiger partial charge in [-0.05, 0) is 48.6 Å². The van der Waals surface area contributed by atoms with Crippen LogP contribution in [0.5, 0.6) is 0 Å². The number of halogens is 1. The van der Waals surface area contributed by atoms with E-state index in [0.717, 1.165) is 18.2 Å². The molecule has 2 fully saturated rings. The Hall–Kier alpha value is -1.55. The molecule has 0 bridgehead atoms. The minimum atomic E-state index is -1.22. The van der Waals surface area contributed by atoms with Gasteiger partial charge < -0.3 is 25.4 Å². The average molecular weight is 395 g/mol. The number of rotatable bonds is 4. The highest BCUT2D eigenvalue weighted by molar-refractivity contribution is 6.28. The number of aromatic nitrogens is 2. The van der Waals surface area contributed by atoms with Crippen molar-refractivity contribution in [2.24, 2.45) is 0 Å². The number of aliphatic hydroxyl groups is 3. The predicted molar refractivity (Wildman–Crippen MR) is 97.0 cm³/mol. The molecular formula is C18H21ClN3O5. The fourth-order valence-corrected chi connectivity index (χ4v) is 4.02. The van der Waals surface area contributed by atoms with Crippen molar-refractivity contribution in [1.82, 2.24) is 9.97 Å². The Balaban J connectivity index is 1.65. The number of hydrogen-bond donors (Lipinski definition) is 4. The molecule has 0 amide bonds. The molecular weight excluding hydrogens is 374 g/mol. The van der Waals surface area contributed by atoms with Crippen LogP contribution in [-0.4, -0.2) is 62.4 Å². The summed E-state index contributed by atoms with van der Waals surface area (Å²) in [6.07, 6.45) is -2.21. The number of benzene rings is 1. The maximum atomic E-state index is 11.1. The second-order valence-corrected chi connectivity index (χ2v) is 7.51. The van der Waals surface area contributed by atoms with E-state index in [1.807, 2.05) is 0 Å². The second-order valence-electron chi connectivity index (χ2n) is 7.17. The number of nitrogens with one attached hydrogen (secondary N) is 1. The topological polar surface area (TPSA) is 128 Å². The Morgan fingerprint density at radius 2 is 2.00 bits per heavy atom. The van der Waals surface area contributed by atoms with Gasteiger partial charge in [-0.15, -0.1) is 0 Å². The summed E-state index contributed by atoms with van der Waals surface area (Å²) in [5, 5.41) is 45.1. The third-order valence-electron chi connectivity index (χ3n) is 5.29. The van der Waals surface area contributed by atoms with Gasteiger partial charge in [-0.2, -0.15) is 0 Å². The Kier molecular flexibility index (Phi) is 5.19. The lowest BCUT2D eigenvalue weighted by Gasteiger charge is -2.17. The molecule has 8 nitrogen and oxygen atoms in total. The van der Waals surface area contributed by atoms with E-state index < -0.39 is 31.0 Å². The predicted octanol–water partition coefficient (Wildman–Crippen LogP) is 1.20. The SMILES string of the molecule is [O]C[C@H]1O[C@@H](c2ccc3c(NC4CCC(O)C4)nc(Cl)nc3c2)[C@H](O)[C@@H]1O. The first-order chi connectivity index (χ1) is 13.0. The molecule has 2 heterocycles. The number of hydrogen-bond acceptors (Lipinski definition) is 7. The standard InChI is InChI=1S/C18H21ClN3O5/c19-18-21-12-5-8(16-15(26)14(25)13(7-23)27-16)1-4-11(12)17(22-18)20-9-2-3-10(24)6-9/h1,4-5,9-10,13-16,24-26H,2-3,6-7H2,(H,20,21,22)/t9?,10?,13-,14-,15-,16+/m1/s1. The van der Waals surface area contributed by atoms with E-state index in [9.17, 15) is 20.4 Å².